The molecule has 0 N–H and O–H groups in total. The van der Waals surface area contributed by atoms with Crippen LogP contribution in [0.2, 0.25) is 0 Å². The second-order valence-corrected chi connectivity index (χ2v) is 6.14. The van der Waals surface area contributed by atoms with Gasteiger partial charge in [0.2, 0.25) is 0 Å². The maximum absolute atomic E-state index is 11.7. The predicted molar refractivity (Wildman–Crippen MR) is 90.2 cm³/mol. The molecule has 2 aromatic rings. The van der Waals surface area contributed by atoms with Crippen molar-refractivity contribution in [2.24, 2.45) is 0 Å². The number of benzene rings is 2. The number of ether oxygens (including phenoxy) is 2. The minimum absolute atomic E-state index is 0.253. The van der Waals surface area contributed by atoms with Crippen LogP contribution in [0.5, 0.6) is 0 Å². The highest BCUT2D eigenvalue weighted by Gasteiger charge is 2.23. The van der Waals surface area contributed by atoms with Crippen LogP contribution in [0.4, 0.5) is 0 Å². The summed E-state index contributed by atoms with van der Waals surface area (Å²) in [6.07, 6.45) is 1.60. The second-order valence-electron chi connectivity index (χ2n) is 5.71. The van der Waals surface area contributed by atoms with Gasteiger partial charge in [-0.2, -0.15) is 0 Å². The van der Waals surface area contributed by atoms with Crippen molar-refractivity contribution in [1.82, 2.24) is 0 Å². The maximum Gasteiger partial charge on any atom is 0.337 e. The van der Waals surface area contributed by atoms with Crippen molar-refractivity contribution in [3.63, 3.8) is 0 Å². The van der Waals surface area contributed by atoms with E-state index in [9.17, 15) is 9.59 Å². The summed E-state index contributed by atoms with van der Waals surface area (Å²) >= 11 is 6.70. The molecule has 0 aliphatic heterocycles. The summed E-state index contributed by atoms with van der Waals surface area (Å²) in [6.45, 7) is 0.698. The summed E-state index contributed by atoms with van der Waals surface area (Å²) in [5, 5.41) is -0.273. The van der Waals surface area contributed by atoms with Gasteiger partial charge in [-0.3, -0.25) is 4.79 Å². The van der Waals surface area contributed by atoms with Crippen LogP contribution in [0.25, 0.3) is 0 Å². The zero-order chi connectivity index (χ0) is 17.1. The van der Waals surface area contributed by atoms with E-state index in [2.05, 4.69) is 0 Å². The lowest BCUT2D eigenvalue weighted by atomic mass is 9.97. The fourth-order valence-electron chi connectivity index (χ4n) is 3.09. The Morgan fingerprint density at radius 2 is 1.83 bits per heavy atom. The van der Waals surface area contributed by atoms with Crippen molar-refractivity contribution in [3.05, 3.63) is 69.8 Å². The summed E-state index contributed by atoms with van der Waals surface area (Å²) < 4.78 is 9.61. The third-order valence-corrected chi connectivity index (χ3v) is 4.77. The quantitative estimate of drug-likeness (QED) is 0.483. The SMILES string of the molecule is COC(=O)c1ccc2c(c1)CCc1cc(COC=O)ccc1C2Cl. The number of alkyl halides is 1. The number of methoxy groups -OCH3 is 1. The van der Waals surface area contributed by atoms with Crippen LogP contribution >= 0.6 is 11.6 Å². The van der Waals surface area contributed by atoms with Gasteiger partial charge in [-0.25, -0.2) is 4.79 Å². The molecule has 24 heavy (non-hydrogen) atoms. The number of carbonyl (C=O) groups is 2. The lowest BCUT2D eigenvalue weighted by molar-refractivity contribution is -0.129. The summed E-state index contributed by atoms with van der Waals surface area (Å²) in [5.41, 5.74) is 5.73. The number of esters is 1. The third kappa shape index (κ3) is 3.15. The third-order valence-electron chi connectivity index (χ3n) is 4.30. The largest absolute Gasteiger partial charge is 0.465 e. The summed E-state index contributed by atoms with van der Waals surface area (Å²) in [4.78, 5) is 22.1. The molecular formula is C19H17ClO4. The van der Waals surface area contributed by atoms with Gasteiger partial charge < -0.3 is 9.47 Å². The van der Waals surface area contributed by atoms with Gasteiger partial charge in [-0.1, -0.05) is 24.3 Å². The van der Waals surface area contributed by atoms with Gasteiger partial charge in [0.05, 0.1) is 18.1 Å². The Morgan fingerprint density at radius 3 is 2.50 bits per heavy atom. The predicted octanol–water partition coefficient (Wildman–Crippen LogP) is 3.57. The molecule has 0 saturated carbocycles. The minimum Gasteiger partial charge on any atom is -0.465 e. The first kappa shape index (κ1) is 16.5. The van der Waals surface area contributed by atoms with Crippen LogP contribution in [0.15, 0.2) is 36.4 Å². The van der Waals surface area contributed by atoms with Gasteiger partial charge in [-0.15, -0.1) is 11.6 Å². The molecule has 5 heteroatoms. The molecule has 0 saturated heterocycles. The van der Waals surface area contributed by atoms with Gasteiger partial charge in [-0.05, 0) is 52.8 Å². The molecule has 124 valence electrons. The van der Waals surface area contributed by atoms with Crippen molar-refractivity contribution in [3.8, 4) is 0 Å². The Morgan fingerprint density at radius 1 is 1.17 bits per heavy atom. The van der Waals surface area contributed by atoms with E-state index in [1.807, 2.05) is 30.3 Å². The number of aryl methyl sites for hydroxylation is 2. The van der Waals surface area contributed by atoms with E-state index < -0.39 is 0 Å². The average Bonchev–Trinajstić information content (AvgIpc) is 2.76. The molecule has 0 fully saturated rings. The summed E-state index contributed by atoms with van der Waals surface area (Å²) in [7, 11) is 1.37. The molecule has 3 rings (SSSR count). The average molecular weight is 345 g/mol. The van der Waals surface area contributed by atoms with Crippen molar-refractivity contribution in [2.45, 2.75) is 24.8 Å². The van der Waals surface area contributed by atoms with Crippen LogP contribution in [-0.4, -0.2) is 19.6 Å². The zero-order valence-electron chi connectivity index (χ0n) is 13.3. The first-order valence-electron chi connectivity index (χ1n) is 7.66. The van der Waals surface area contributed by atoms with E-state index in [1.54, 1.807) is 6.07 Å². The van der Waals surface area contributed by atoms with Crippen LogP contribution in [0, 0.1) is 0 Å². The highest BCUT2D eigenvalue weighted by molar-refractivity contribution is 6.23. The Hall–Kier alpha value is -2.33. The first-order valence-corrected chi connectivity index (χ1v) is 8.10. The molecule has 2 aromatic carbocycles. The van der Waals surface area contributed by atoms with E-state index >= 15 is 0 Å². The van der Waals surface area contributed by atoms with Gasteiger partial charge >= 0.3 is 5.97 Å². The van der Waals surface area contributed by atoms with Gasteiger partial charge in [0, 0.05) is 0 Å². The van der Waals surface area contributed by atoms with Crippen molar-refractivity contribution < 1.29 is 19.1 Å². The van der Waals surface area contributed by atoms with E-state index in [1.165, 1.54) is 7.11 Å². The van der Waals surface area contributed by atoms with Gasteiger partial charge in [0.1, 0.15) is 6.61 Å². The second kappa shape index (κ2) is 7.05. The highest BCUT2D eigenvalue weighted by atomic mass is 35.5. The minimum atomic E-state index is -0.348. The number of fused-ring (bicyclic) bond motifs is 2. The maximum atomic E-state index is 11.7. The molecule has 1 atom stereocenters. The van der Waals surface area contributed by atoms with E-state index in [0.717, 1.165) is 40.7 Å². The lowest BCUT2D eigenvalue weighted by Gasteiger charge is -2.15. The molecule has 4 nitrogen and oxygen atoms in total. The van der Waals surface area contributed by atoms with E-state index in [0.29, 0.717) is 12.0 Å². The van der Waals surface area contributed by atoms with Gasteiger partial charge in [0.25, 0.3) is 6.47 Å². The molecule has 0 heterocycles. The summed E-state index contributed by atoms with van der Waals surface area (Å²) in [5.74, 6) is -0.348. The smallest absolute Gasteiger partial charge is 0.337 e. The molecule has 0 radical (unpaired) electrons. The van der Waals surface area contributed by atoms with Crippen LogP contribution in [0.3, 0.4) is 0 Å². The van der Waals surface area contributed by atoms with Crippen molar-refractivity contribution >= 4 is 24.0 Å². The molecular weight excluding hydrogens is 328 g/mol. The Labute approximate surface area is 145 Å². The lowest BCUT2D eigenvalue weighted by Crippen LogP contribution is -2.04. The van der Waals surface area contributed by atoms with E-state index in [-0.39, 0.29) is 18.0 Å². The molecule has 0 aromatic heterocycles. The molecule has 1 aliphatic carbocycles. The first-order chi connectivity index (χ1) is 11.6. The number of halogens is 1. The molecule has 0 bridgehead atoms. The fourth-order valence-corrected chi connectivity index (χ4v) is 3.52. The number of hydrogen-bond donors (Lipinski definition) is 0. The Bertz CT molecular complexity index is 785. The van der Waals surface area contributed by atoms with Crippen LogP contribution in [0.1, 0.15) is 43.6 Å². The normalized spacial score (nSPS) is 15.7. The number of hydrogen-bond acceptors (Lipinski definition) is 4. The number of rotatable bonds is 4. The van der Waals surface area contributed by atoms with Crippen LogP contribution in [-0.2, 0) is 33.7 Å². The van der Waals surface area contributed by atoms with Crippen LogP contribution < -0.4 is 0 Å². The van der Waals surface area contributed by atoms with Crippen molar-refractivity contribution in [2.75, 3.05) is 7.11 Å². The van der Waals surface area contributed by atoms with E-state index in [4.69, 9.17) is 21.1 Å². The van der Waals surface area contributed by atoms with Gasteiger partial charge in [0.15, 0.2) is 0 Å². The fraction of sp³-hybridized carbons (Fsp3) is 0.263. The molecule has 1 unspecified atom stereocenters. The number of carbonyl (C=O) groups excluding carboxylic acids is 2. The Balaban J connectivity index is 1.95. The summed E-state index contributed by atoms with van der Waals surface area (Å²) in [6, 6.07) is 11.4. The topological polar surface area (TPSA) is 52.6 Å². The Kier molecular flexibility index (Phi) is 4.86. The zero-order valence-corrected chi connectivity index (χ0v) is 14.0. The molecule has 0 amide bonds. The standard InChI is InChI=1S/C19H17ClO4/c1-23-19(22)15-5-7-17-14(9-15)4-3-13-8-12(10-24-11-21)2-6-16(13)18(17)20/h2,5-9,11,18H,3-4,10H2,1H3. The van der Waals surface area contributed by atoms with Crippen molar-refractivity contribution in [1.29, 1.82) is 0 Å². The molecule has 0 spiro atoms. The molecule has 1 aliphatic rings. The highest BCUT2D eigenvalue weighted by Crippen LogP contribution is 2.37. The monoisotopic (exact) mass is 344 g/mol.